The molecule has 0 spiro atoms. The molecule has 0 saturated carbocycles. The predicted molar refractivity (Wildman–Crippen MR) is 115 cm³/mol. The first-order chi connectivity index (χ1) is 14.4. The van der Waals surface area contributed by atoms with Crippen molar-refractivity contribution in [1.29, 1.82) is 0 Å². The van der Waals surface area contributed by atoms with Crippen LogP contribution >= 0.6 is 11.3 Å². The Morgan fingerprint density at radius 2 is 1.47 bits per heavy atom. The van der Waals surface area contributed by atoms with Crippen LogP contribution in [0, 0.1) is 0 Å². The van der Waals surface area contributed by atoms with Crippen molar-refractivity contribution in [2.45, 2.75) is 10.1 Å². The van der Waals surface area contributed by atoms with E-state index in [-0.39, 0.29) is 10.1 Å². The maximum atomic E-state index is 12.8. The number of sulfone groups is 1. The van der Waals surface area contributed by atoms with Crippen molar-refractivity contribution in [2.24, 2.45) is 0 Å². The Hall–Kier alpha value is -3.36. The molecule has 8 heteroatoms. The number of fused-ring (bicyclic) bond motifs is 2. The second-order valence-corrected chi connectivity index (χ2v) is 10.1. The fourth-order valence-corrected chi connectivity index (χ4v) is 6.12. The number of hydrogen-bond donors (Lipinski definition) is 0. The van der Waals surface area contributed by atoms with Crippen LogP contribution in [0.4, 0.5) is 5.69 Å². The van der Waals surface area contributed by atoms with E-state index in [0.717, 1.165) is 16.2 Å². The monoisotopic (exact) mass is 434 g/mol. The number of carbonyl (C=O) groups excluding carboxylic acids is 2. The quantitative estimate of drug-likeness (QED) is 0.452. The molecule has 0 atom stereocenters. The number of rotatable bonds is 4. The maximum Gasteiger partial charge on any atom is 0.266 e. The normalized spacial score (nSPS) is 13.8. The number of carbonyl (C=O) groups is 2. The highest BCUT2D eigenvalue weighted by Gasteiger charge is 2.36. The van der Waals surface area contributed by atoms with E-state index >= 15 is 0 Å². The molecule has 0 N–H and O–H groups in total. The average molecular weight is 434 g/mol. The molecule has 3 aromatic carbocycles. The van der Waals surface area contributed by atoms with Gasteiger partial charge in [0.2, 0.25) is 14.2 Å². The van der Waals surface area contributed by atoms with E-state index in [0.29, 0.717) is 32.6 Å². The SMILES string of the molecule is O=C1c2ccccc2C(=O)N1c1ccc2nc(S(=O)(=O)Cc3ccccc3)sc2c1. The molecule has 1 aliphatic heterocycles. The zero-order chi connectivity index (χ0) is 20.9. The standard InChI is InChI=1S/C22H14N2O4S2/c25-20-16-8-4-5-9-17(16)21(26)24(20)15-10-11-18-19(12-15)29-22(23-18)30(27,28)13-14-6-2-1-3-7-14/h1-12H,13H2. The molecule has 1 aromatic heterocycles. The van der Waals surface area contributed by atoms with Crippen LogP contribution in [0.25, 0.3) is 10.2 Å². The van der Waals surface area contributed by atoms with E-state index in [1.165, 1.54) is 0 Å². The number of anilines is 1. The van der Waals surface area contributed by atoms with Crippen LogP contribution in [-0.4, -0.2) is 25.2 Å². The van der Waals surface area contributed by atoms with E-state index in [9.17, 15) is 18.0 Å². The van der Waals surface area contributed by atoms with Gasteiger partial charge in [-0.15, -0.1) is 11.3 Å². The second kappa shape index (κ2) is 6.86. The summed E-state index contributed by atoms with van der Waals surface area (Å²) in [5, 5.41) is 0. The zero-order valence-corrected chi connectivity index (χ0v) is 17.1. The van der Waals surface area contributed by atoms with Crippen molar-refractivity contribution in [3.05, 3.63) is 89.5 Å². The molecule has 0 aliphatic carbocycles. The molecule has 2 heterocycles. The second-order valence-electron chi connectivity index (χ2n) is 6.87. The molecule has 4 aromatic rings. The average Bonchev–Trinajstić information content (AvgIpc) is 3.28. The summed E-state index contributed by atoms with van der Waals surface area (Å²) in [5.41, 5.74) is 2.30. The molecule has 5 rings (SSSR count). The summed E-state index contributed by atoms with van der Waals surface area (Å²) in [5.74, 6) is -0.924. The van der Waals surface area contributed by atoms with Crippen LogP contribution in [0.3, 0.4) is 0 Å². The number of hydrogen-bond acceptors (Lipinski definition) is 6. The summed E-state index contributed by atoms with van der Waals surface area (Å²) < 4.78 is 26.2. The van der Waals surface area contributed by atoms with Crippen molar-refractivity contribution < 1.29 is 18.0 Å². The summed E-state index contributed by atoms with van der Waals surface area (Å²) in [6, 6.07) is 20.5. The number of thiazole rings is 1. The molecule has 30 heavy (non-hydrogen) atoms. The van der Waals surface area contributed by atoms with Crippen LogP contribution in [0.15, 0.2) is 77.1 Å². The molecule has 0 unspecified atom stereocenters. The predicted octanol–water partition coefficient (Wildman–Crippen LogP) is 4.07. The number of amides is 2. The van der Waals surface area contributed by atoms with Gasteiger partial charge >= 0.3 is 0 Å². The minimum Gasteiger partial charge on any atom is -0.268 e. The zero-order valence-electron chi connectivity index (χ0n) is 15.5. The number of imide groups is 1. The Balaban J connectivity index is 1.51. The van der Waals surface area contributed by atoms with Crippen molar-refractivity contribution >= 4 is 48.9 Å². The van der Waals surface area contributed by atoms with E-state index in [1.54, 1.807) is 66.7 Å². The molecule has 148 valence electrons. The van der Waals surface area contributed by atoms with Crippen molar-refractivity contribution in [3.63, 3.8) is 0 Å². The lowest BCUT2D eigenvalue weighted by Crippen LogP contribution is -2.29. The molecular formula is C22H14N2O4S2. The van der Waals surface area contributed by atoms with Gasteiger partial charge in [-0.1, -0.05) is 42.5 Å². The Kier molecular flexibility index (Phi) is 4.27. The van der Waals surface area contributed by atoms with Crippen molar-refractivity contribution in [3.8, 4) is 0 Å². The van der Waals surface area contributed by atoms with E-state index in [1.807, 2.05) is 6.07 Å². The minimum atomic E-state index is -3.61. The number of nitrogens with zero attached hydrogens (tertiary/aromatic N) is 2. The maximum absolute atomic E-state index is 12.8. The highest BCUT2D eigenvalue weighted by atomic mass is 32.2. The van der Waals surface area contributed by atoms with E-state index in [4.69, 9.17) is 0 Å². The Morgan fingerprint density at radius 3 is 2.13 bits per heavy atom. The molecule has 1 aliphatic rings. The van der Waals surface area contributed by atoms with Crippen LogP contribution in [0.2, 0.25) is 0 Å². The lowest BCUT2D eigenvalue weighted by molar-refractivity contribution is 0.0926. The van der Waals surface area contributed by atoms with E-state index < -0.39 is 21.7 Å². The smallest absolute Gasteiger partial charge is 0.266 e. The first kappa shape index (κ1) is 18.7. The highest BCUT2D eigenvalue weighted by molar-refractivity contribution is 7.92. The van der Waals surface area contributed by atoms with Crippen molar-refractivity contribution in [2.75, 3.05) is 4.90 Å². The lowest BCUT2D eigenvalue weighted by atomic mass is 10.1. The first-order valence-corrected chi connectivity index (χ1v) is 11.6. The third-order valence-corrected chi connectivity index (χ3v) is 8.03. The minimum absolute atomic E-state index is 0.0147. The topological polar surface area (TPSA) is 84.4 Å². The lowest BCUT2D eigenvalue weighted by Gasteiger charge is -2.13. The summed E-state index contributed by atoms with van der Waals surface area (Å²) in [6.45, 7) is 0. The van der Waals surface area contributed by atoms with Crippen LogP contribution in [-0.2, 0) is 15.6 Å². The van der Waals surface area contributed by atoms with Crippen molar-refractivity contribution in [1.82, 2.24) is 4.98 Å². The fourth-order valence-electron chi connectivity index (χ4n) is 3.44. The Morgan fingerprint density at radius 1 is 0.833 bits per heavy atom. The molecule has 0 radical (unpaired) electrons. The largest absolute Gasteiger partial charge is 0.268 e. The van der Waals surface area contributed by atoms with Gasteiger partial charge < -0.3 is 0 Å². The molecule has 6 nitrogen and oxygen atoms in total. The molecule has 0 saturated heterocycles. The Bertz CT molecular complexity index is 1390. The third-order valence-electron chi connectivity index (χ3n) is 4.87. The molecule has 0 fully saturated rings. The van der Waals surface area contributed by atoms with Gasteiger partial charge in [0.1, 0.15) is 0 Å². The van der Waals surface area contributed by atoms with Gasteiger partial charge in [-0.25, -0.2) is 18.3 Å². The summed E-state index contributed by atoms with van der Waals surface area (Å²) in [6.07, 6.45) is 0. The summed E-state index contributed by atoms with van der Waals surface area (Å²) in [4.78, 5) is 30.8. The third kappa shape index (κ3) is 3.01. The first-order valence-electron chi connectivity index (χ1n) is 9.09. The molecular weight excluding hydrogens is 420 g/mol. The van der Waals surface area contributed by atoms with Gasteiger partial charge in [-0.05, 0) is 35.9 Å². The van der Waals surface area contributed by atoms with E-state index in [2.05, 4.69) is 4.98 Å². The summed E-state index contributed by atoms with van der Waals surface area (Å²) >= 11 is 1.03. The highest BCUT2D eigenvalue weighted by Crippen LogP contribution is 2.34. The van der Waals surface area contributed by atoms with Gasteiger partial charge in [-0.3, -0.25) is 9.59 Å². The van der Waals surface area contributed by atoms with Crippen LogP contribution < -0.4 is 4.90 Å². The van der Waals surface area contributed by atoms with Gasteiger partial charge in [0, 0.05) is 0 Å². The van der Waals surface area contributed by atoms with Gasteiger partial charge in [0.05, 0.1) is 32.8 Å². The summed E-state index contributed by atoms with van der Waals surface area (Å²) in [7, 11) is -3.61. The Labute approximate surface area is 176 Å². The van der Waals surface area contributed by atoms with Gasteiger partial charge in [0.25, 0.3) is 11.8 Å². The molecule has 0 bridgehead atoms. The van der Waals surface area contributed by atoms with Crippen LogP contribution in [0.5, 0.6) is 0 Å². The van der Waals surface area contributed by atoms with Gasteiger partial charge in [-0.2, -0.15) is 0 Å². The fraction of sp³-hybridized carbons (Fsp3) is 0.0455. The van der Waals surface area contributed by atoms with Crippen LogP contribution in [0.1, 0.15) is 26.3 Å². The molecule has 2 amide bonds. The number of benzene rings is 3. The number of aromatic nitrogens is 1. The van der Waals surface area contributed by atoms with Gasteiger partial charge in [0.15, 0.2) is 0 Å².